The van der Waals surface area contributed by atoms with Gasteiger partial charge in [0.1, 0.15) is 11.2 Å². The predicted molar refractivity (Wildman–Crippen MR) is 118 cm³/mol. The third kappa shape index (κ3) is 2.48. The summed E-state index contributed by atoms with van der Waals surface area (Å²) >= 11 is 3.66. The Morgan fingerprint density at radius 2 is 0.931 bits per heavy atom. The highest BCUT2D eigenvalue weighted by atomic mass is 79.9. The van der Waals surface area contributed by atoms with Crippen molar-refractivity contribution in [3.05, 3.63) is 141 Å². The van der Waals surface area contributed by atoms with Crippen LogP contribution in [0.4, 0.5) is 0 Å². The average molecular weight is 443 g/mol. The van der Waals surface area contributed by atoms with Crippen molar-refractivity contribution in [1.82, 2.24) is 0 Å². The molecule has 0 amide bonds. The molecule has 0 heterocycles. The Morgan fingerprint density at radius 1 is 0.483 bits per heavy atom. The van der Waals surface area contributed by atoms with E-state index in [0.29, 0.717) is 22.3 Å². The summed E-state index contributed by atoms with van der Waals surface area (Å²) in [7, 11) is 0. The van der Waals surface area contributed by atoms with Crippen LogP contribution in [0.1, 0.15) is 33.4 Å². The minimum absolute atomic E-state index is 0.663. The lowest BCUT2D eigenvalue weighted by atomic mass is 9.63. The maximum atomic E-state index is 12.3. The zero-order valence-electron chi connectivity index (χ0n) is 15.6. The van der Waals surface area contributed by atoms with Gasteiger partial charge in [0.25, 0.3) is 0 Å². The van der Waals surface area contributed by atoms with Gasteiger partial charge in [-0.3, -0.25) is 0 Å². The minimum Gasteiger partial charge on any atom is -0.376 e. The van der Waals surface area contributed by atoms with Crippen molar-refractivity contribution in [3.8, 4) is 0 Å². The second-order valence-electron chi connectivity index (χ2n) is 7.36. The first-order valence-electron chi connectivity index (χ1n) is 9.53. The van der Waals surface area contributed by atoms with Crippen LogP contribution >= 0.6 is 15.9 Å². The van der Waals surface area contributed by atoms with Gasteiger partial charge in [0, 0.05) is 15.6 Å². The molecule has 0 fully saturated rings. The van der Waals surface area contributed by atoms with Crippen LogP contribution in [0.15, 0.2) is 108 Å². The van der Waals surface area contributed by atoms with Crippen molar-refractivity contribution >= 4 is 15.9 Å². The van der Waals surface area contributed by atoms with E-state index in [2.05, 4.69) is 15.9 Å². The molecule has 1 aliphatic rings. The highest BCUT2D eigenvalue weighted by Crippen LogP contribution is 2.54. The van der Waals surface area contributed by atoms with Gasteiger partial charge in [-0.25, -0.2) is 0 Å². The molecule has 5 rings (SSSR count). The van der Waals surface area contributed by atoms with E-state index < -0.39 is 11.2 Å². The summed E-state index contributed by atoms with van der Waals surface area (Å²) in [5.74, 6) is 0. The summed E-state index contributed by atoms with van der Waals surface area (Å²) in [6, 6.07) is 32.6. The SMILES string of the molecule is OC1(c2ccccc2)c2ccccc2C(O)(c2ccccc2)c2c(Br)cccc21. The summed E-state index contributed by atoms with van der Waals surface area (Å²) in [4.78, 5) is 0. The number of fused-ring (bicyclic) bond motifs is 2. The Bertz CT molecular complexity index is 1190. The smallest absolute Gasteiger partial charge is 0.142 e. The number of halogens is 1. The second-order valence-corrected chi connectivity index (χ2v) is 8.22. The fourth-order valence-corrected chi connectivity index (χ4v) is 5.21. The molecule has 0 saturated carbocycles. The van der Waals surface area contributed by atoms with Crippen LogP contribution in [0.5, 0.6) is 0 Å². The molecule has 3 heteroatoms. The fraction of sp³-hybridized carbons (Fsp3) is 0.0769. The summed E-state index contributed by atoms with van der Waals surface area (Å²) < 4.78 is 0.755. The standard InChI is InChI=1S/C26H19BrO2/c27-23-17-9-16-22-24(23)26(29,19-12-5-2-6-13-19)21-15-8-7-14-20(21)25(22,28)18-10-3-1-4-11-18/h1-17,28-29H. The van der Waals surface area contributed by atoms with Crippen LogP contribution in [0, 0.1) is 0 Å². The molecule has 0 spiro atoms. The maximum Gasteiger partial charge on any atom is 0.142 e. The summed E-state index contributed by atoms with van der Waals surface area (Å²) in [5, 5.41) is 24.5. The molecule has 4 aromatic rings. The first kappa shape index (κ1) is 18.3. The Hall–Kier alpha value is -2.72. The van der Waals surface area contributed by atoms with Crippen molar-refractivity contribution in [2.24, 2.45) is 0 Å². The number of benzene rings is 4. The van der Waals surface area contributed by atoms with Gasteiger partial charge < -0.3 is 10.2 Å². The predicted octanol–water partition coefficient (Wildman–Crippen LogP) is 5.33. The largest absolute Gasteiger partial charge is 0.376 e. The molecule has 2 atom stereocenters. The molecule has 0 saturated heterocycles. The van der Waals surface area contributed by atoms with E-state index in [1.165, 1.54) is 0 Å². The Kier molecular flexibility index (Phi) is 4.21. The number of aliphatic hydroxyl groups is 2. The molecular formula is C26H19BrO2. The number of hydrogen-bond acceptors (Lipinski definition) is 2. The van der Waals surface area contributed by atoms with Crippen molar-refractivity contribution in [1.29, 1.82) is 0 Å². The van der Waals surface area contributed by atoms with Crippen LogP contribution in [-0.4, -0.2) is 10.2 Å². The third-order valence-electron chi connectivity index (χ3n) is 5.85. The van der Waals surface area contributed by atoms with E-state index in [-0.39, 0.29) is 0 Å². The van der Waals surface area contributed by atoms with Gasteiger partial charge in [-0.2, -0.15) is 0 Å². The molecule has 0 radical (unpaired) electrons. The lowest BCUT2D eigenvalue weighted by Crippen LogP contribution is -2.44. The zero-order valence-corrected chi connectivity index (χ0v) is 17.2. The lowest BCUT2D eigenvalue weighted by Gasteiger charge is -2.45. The van der Waals surface area contributed by atoms with Crippen molar-refractivity contribution in [2.45, 2.75) is 11.2 Å². The molecule has 0 aliphatic heterocycles. The first-order chi connectivity index (χ1) is 14.1. The van der Waals surface area contributed by atoms with Gasteiger partial charge in [-0.1, -0.05) is 113 Å². The molecular weight excluding hydrogens is 424 g/mol. The molecule has 0 aromatic heterocycles. The molecule has 142 valence electrons. The summed E-state index contributed by atoms with van der Waals surface area (Å²) in [5.41, 5.74) is 1.45. The Labute approximate surface area is 178 Å². The monoisotopic (exact) mass is 442 g/mol. The van der Waals surface area contributed by atoms with Crippen molar-refractivity contribution in [2.75, 3.05) is 0 Å². The van der Waals surface area contributed by atoms with E-state index in [4.69, 9.17) is 0 Å². The maximum absolute atomic E-state index is 12.3. The van der Waals surface area contributed by atoms with Gasteiger partial charge in [0.15, 0.2) is 0 Å². The van der Waals surface area contributed by atoms with E-state index in [1.807, 2.05) is 103 Å². The van der Waals surface area contributed by atoms with Crippen LogP contribution in [0.3, 0.4) is 0 Å². The first-order valence-corrected chi connectivity index (χ1v) is 10.3. The molecule has 2 nitrogen and oxygen atoms in total. The number of rotatable bonds is 2. The van der Waals surface area contributed by atoms with Gasteiger partial charge in [-0.15, -0.1) is 0 Å². The van der Waals surface area contributed by atoms with Gasteiger partial charge in [-0.05, 0) is 28.3 Å². The number of hydrogen-bond donors (Lipinski definition) is 2. The second kappa shape index (κ2) is 6.67. The fourth-order valence-electron chi connectivity index (χ4n) is 4.56. The van der Waals surface area contributed by atoms with Crippen LogP contribution in [-0.2, 0) is 11.2 Å². The van der Waals surface area contributed by atoms with Crippen LogP contribution < -0.4 is 0 Å². The zero-order chi connectivity index (χ0) is 20.1. The quantitative estimate of drug-likeness (QED) is 0.440. The van der Waals surface area contributed by atoms with Crippen molar-refractivity contribution < 1.29 is 10.2 Å². The summed E-state index contributed by atoms with van der Waals surface area (Å²) in [6.07, 6.45) is 0. The third-order valence-corrected chi connectivity index (χ3v) is 6.52. The topological polar surface area (TPSA) is 40.5 Å². The highest BCUT2D eigenvalue weighted by Gasteiger charge is 2.51. The Morgan fingerprint density at radius 3 is 1.52 bits per heavy atom. The van der Waals surface area contributed by atoms with Crippen LogP contribution in [0.25, 0.3) is 0 Å². The van der Waals surface area contributed by atoms with Crippen molar-refractivity contribution in [3.63, 3.8) is 0 Å². The average Bonchev–Trinajstić information content (AvgIpc) is 2.78. The van der Waals surface area contributed by atoms with Gasteiger partial charge in [0.05, 0.1) is 0 Å². The highest BCUT2D eigenvalue weighted by molar-refractivity contribution is 9.10. The Balaban J connectivity index is 1.95. The molecule has 4 aromatic carbocycles. The normalized spacial score (nSPS) is 22.6. The van der Waals surface area contributed by atoms with Crippen LogP contribution in [0.2, 0.25) is 0 Å². The van der Waals surface area contributed by atoms with E-state index in [0.717, 1.165) is 15.6 Å². The van der Waals surface area contributed by atoms with E-state index in [1.54, 1.807) is 0 Å². The molecule has 29 heavy (non-hydrogen) atoms. The van der Waals surface area contributed by atoms with E-state index in [9.17, 15) is 10.2 Å². The molecule has 1 aliphatic carbocycles. The van der Waals surface area contributed by atoms with E-state index >= 15 is 0 Å². The minimum atomic E-state index is -1.39. The summed E-state index contributed by atoms with van der Waals surface area (Å²) in [6.45, 7) is 0. The molecule has 0 bridgehead atoms. The molecule has 2 N–H and O–H groups in total. The van der Waals surface area contributed by atoms with Gasteiger partial charge >= 0.3 is 0 Å². The van der Waals surface area contributed by atoms with Gasteiger partial charge in [0.2, 0.25) is 0 Å². The molecule has 2 unspecified atom stereocenters. The lowest BCUT2D eigenvalue weighted by molar-refractivity contribution is 0.0742.